The Labute approximate surface area is 120 Å². The monoisotopic (exact) mass is 282 g/mol. The number of rotatable bonds is 3. The van der Waals surface area contributed by atoms with Gasteiger partial charge in [0.05, 0.1) is 13.0 Å². The lowest BCUT2D eigenvalue weighted by atomic mass is 9.88. The molecule has 0 radical (unpaired) electrons. The van der Waals surface area contributed by atoms with Crippen LogP contribution in [0.25, 0.3) is 0 Å². The van der Waals surface area contributed by atoms with Crippen LogP contribution in [0.4, 0.5) is 0 Å². The van der Waals surface area contributed by atoms with E-state index in [1.54, 1.807) is 0 Å². The number of carbonyl (C=O) groups excluding carboxylic acids is 2. The molecule has 5 nitrogen and oxygen atoms in total. The summed E-state index contributed by atoms with van der Waals surface area (Å²) in [7, 11) is 1.41. The van der Waals surface area contributed by atoms with Crippen LogP contribution >= 0.6 is 0 Å². The van der Waals surface area contributed by atoms with Gasteiger partial charge >= 0.3 is 5.97 Å². The van der Waals surface area contributed by atoms with E-state index in [1.165, 1.54) is 7.11 Å². The summed E-state index contributed by atoms with van der Waals surface area (Å²) in [4.78, 5) is 24.7. The van der Waals surface area contributed by atoms with Crippen LogP contribution in [0.3, 0.4) is 0 Å². The van der Waals surface area contributed by atoms with Gasteiger partial charge in [0.25, 0.3) is 0 Å². The number of esters is 1. The van der Waals surface area contributed by atoms with Gasteiger partial charge in [0.2, 0.25) is 5.91 Å². The first-order valence-electron chi connectivity index (χ1n) is 7.79. The fourth-order valence-electron chi connectivity index (χ4n) is 3.32. The maximum Gasteiger partial charge on any atom is 0.331 e. The molecule has 1 aliphatic heterocycles. The Kier molecular flexibility index (Phi) is 5.40. The van der Waals surface area contributed by atoms with Gasteiger partial charge in [-0.15, -0.1) is 0 Å². The standard InChI is InChI=1S/C15H26N2O3/c1-20-14(19)15(8-4-2-3-5-9-15)17-13(18)12-7-6-10-16-11-12/h12,16H,2-11H2,1H3,(H,17,18). The Hall–Kier alpha value is -1.10. The predicted octanol–water partition coefficient (Wildman–Crippen LogP) is 1.37. The summed E-state index contributed by atoms with van der Waals surface area (Å²) in [5.41, 5.74) is -0.792. The van der Waals surface area contributed by atoms with Crippen LogP contribution in [0.1, 0.15) is 51.4 Å². The highest BCUT2D eigenvalue weighted by atomic mass is 16.5. The third-order valence-corrected chi connectivity index (χ3v) is 4.56. The van der Waals surface area contributed by atoms with Gasteiger partial charge in [0.15, 0.2) is 0 Å². The second kappa shape index (κ2) is 7.07. The third-order valence-electron chi connectivity index (χ3n) is 4.56. The van der Waals surface area contributed by atoms with Crippen molar-refractivity contribution in [2.24, 2.45) is 5.92 Å². The van der Waals surface area contributed by atoms with E-state index in [-0.39, 0.29) is 17.8 Å². The number of carbonyl (C=O) groups is 2. The molecule has 0 bridgehead atoms. The number of amides is 1. The molecule has 2 N–H and O–H groups in total. The highest BCUT2D eigenvalue weighted by molar-refractivity contribution is 5.89. The number of hydrogen-bond acceptors (Lipinski definition) is 4. The maximum absolute atomic E-state index is 12.4. The van der Waals surface area contributed by atoms with E-state index < -0.39 is 5.54 Å². The first-order valence-corrected chi connectivity index (χ1v) is 7.79. The molecule has 1 unspecified atom stereocenters. The van der Waals surface area contributed by atoms with Crippen molar-refractivity contribution in [2.45, 2.75) is 56.9 Å². The van der Waals surface area contributed by atoms with Crippen molar-refractivity contribution in [2.75, 3.05) is 20.2 Å². The molecule has 5 heteroatoms. The number of ether oxygens (including phenoxy) is 1. The largest absolute Gasteiger partial charge is 0.467 e. The Morgan fingerprint density at radius 2 is 1.85 bits per heavy atom. The molecule has 114 valence electrons. The van der Waals surface area contributed by atoms with Crippen molar-refractivity contribution < 1.29 is 14.3 Å². The zero-order valence-electron chi connectivity index (χ0n) is 12.4. The molecule has 2 fully saturated rings. The van der Waals surface area contributed by atoms with Crippen molar-refractivity contribution in [1.29, 1.82) is 0 Å². The van der Waals surface area contributed by atoms with Gasteiger partial charge in [-0.2, -0.15) is 0 Å². The lowest BCUT2D eigenvalue weighted by Gasteiger charge is -2.33. The minimum Gasteiger partial charge on any atom is -0.467 e. The Morgan fingerprint density at radius 3 is 2.40 bits per heavy atom. The van der Waals surface area contributed by atoms with Gasteiger partial charge in [-0.25, -0.2) is 4.79 Å². The van der Waals surface area contributed by atoms with Crippen LogP contribution in [0.5, 0.6) is 0 Å². The van der Waals surface area contributed by atoms with Crippen molar-refractivity contribution >= 4 is 11.9 Å². The lowest BCUT2D eigenvalue weighted by Crippen LogP contribution is -2.57. The average molecular weight is 282 g/mol. The van der Waals surface area contributed by atoms with Gasteiger partial charge in [0, 0.05) is 6.54 Å². The molecule has 0 aromatic rings. The molecule has 2 aliphatic rings. The Morgan fingerprint density at radius 1 is 1.15 bits per heavy atom. The van der Waals surface area contributed by atoms with Gasteiger partial charge in [-0.05, 0) is 32.2 Å². The van der Waals surface area contributed by atoms with Crippen molar-refractivity contribution in [3.05, 3.63) is 0 Å². The molecule has 20 heavy (non-hydrogen) atoms. The fourth-order valence-corrected chi connectivity index (χ4v) is 3.32. The molecular formula is C15H26N2O3. The summed E-state index contributed by atoms with van der Waals surface area (Å²) < 4.78 is 4.97. The van der Waals surface area contributed by atoms with Crippen LogP contribution in [0, 0.1) is 5.92 Å². The number of methoxy groups -OCH3 is 1. The van der Waals surface area contributed by atoms with E-state index in [2.05, 4.69) is 10.6 Å². The van der Waals surface area contributed by atoms with E-state index in [0.29, 0.717) is 19.4 Å². The summed E-state index contributed by atoms with van der Waals surface area (Å²) in [5, 5.41) is 6.28. The number of piperidine rings is 1. The van der Waals surface area contributed by atoms with Crippen LogP contribution in [0.2, 0.25) is 0 Å². The first-order chi connectivity index (χ1) is 9.68. The summed E-state index contributed by atoms with van der Waals surface area (Å²) >= 11 is 0. The van der Waals surface area contributed by atoms with E-state index in [1.807, 2.05) is 0 Å². The van der Waals surface area contributed by atoms with Gasteiger partial charge in [-0.1, -0.05) is 25.7 Å². The smallest absolute Gasteiger partial charge is 0.331 e. The molecule has 2 rings (SSSR count). The SMILES string of the molecule is COC(=O)C1(NC(=O)C2CCCNC2)CCCCCC1. The third kappa shape index (κ3) is 3.51. The number of hydrogen-bond donors (Lipinski definition) is 2. The fraction of sp³-hybridized carbons (Fsp3) is 0.867. The molecule has 1 saturated carbocycles. The summed E-state index contributed by atoms with van der Waals surface area (Å²) in [6, 6.07) is 0. The molecule has 0 aromatic heterocycles. The molecular weight excluding hydrogens is 256 g/mol. The zero-order chi connectivity index (χ0) is 14.4. The zero-order valence-corrected chi connectivity index (χ0v) is 12.4. The van der Waals surface area contributed by atoms with Gasteiger partial charge in [-0.3, -0.25) is 4.79 Å². The summed E-state index contributed by atoms with van der Waals surface area (Å²) in [5.74, 6) is -0.297. The van der Waals surface area contributed by atoms with E-state index in [9.17, 15) is 9.59 Å². The molecule has 0 spiro atoms. The maximum atomic E-state index is 12.4. The second-order valence-electron chi connectivity index (χ2n) is 6.02. The lowest BCUT2D eigenvalue weighted by molar-refractivity contribution is -0.152. The molecule has 1 aliphatic carbocycles. The van der Waals surface area contributed by atoms with Crippen molar-refractivity contribution in [1.82, 2.24) is 10.6 Å². The molecule has 1 heterocycles. The minimum atomic E-state index is -0.792. The predicted molar refractivity (Wildman–Crippen MR) is 76.2 cm³/mol. The average Bonchev–Trinajstić information content (AvgIpc) is 2.74. The highest BCUT2D eigenvalue weighted by Crippen LogP contribution is 2.29. The van der Waals surface area contributed by atoms with E-state index in [0.717, 1.165) is 45.1 Å². The summed E-state index contributed by atoms with van der Waals surface area (Å²) in [6.07, 6.45) is 7.51. The summed E-state index contributed by atoms with van der Waals surface area (Å²) in [6.45, 7) is 1.69. The van der Waals surface area contributed by atoms with Crippen LogP contribution in [-0.4, -0.2) is 37.6 Å². The normalized spacial score (nSPS) is 26.4. The van der Waals surface area contributed by atoms with E-state index >= 15 is 0 Å². The molecule has 1 amide bonds. The van der Waals surface area contributed by atoms with Crippen molar-refractivity contribution in [3.8, 4) is 0 Å². The topological polar surface area (TPSA) is 67.4 Å². The quantitative estimate of drug-likeness (QED) is 0.606. The Bertz CT molecular complexity index is 343. The first kappa shape index (κ1) is 15.3. The van der Waals surface area contributed by atoms with Crippen LogP contribution < -0.4 is 10.6 Å². The van der Waals surface area contributed by atoms with Crippen LogP contribution in [0.15, 0.2) is 0 Å². The molecule has 0 aromatic carbocycles. The van der Waals surface area contributed by atoms with Crippen molar-refractivity contribution in [3.63, 3.8) is 0 Å². The highest BCUT2D eigenvalue weighted by Gasteiger charge is 2.42. The van der Waals surface area contributed by atoms with Gasteiger partial charge in [0.1, 0.15) is 5.54 Å². The van der Waals surface area contributed by atoms with E-state index in [4.69, 9.17) is 4.74 Å². The number of nitrogens with one attached hydrogen (secondary N) is 2. The minimum absolute atomic E-state index is 0.00417. The van der Waals surface area contributed by atoms with Gasteiger partial charge < -0.3 is 15.4 Å². The molecule has 1 atom stereocenters. The van der Waals surface area contributed by atoms with Crippen LogP contribution in [-0.2, 0) is 14.3 Å². The Balaban J connectivity index is 2.06. The second-order valence-corrected chi connectivity index (χ2v) is 6.02. The molecule has 1 saturated heterocycles.